The van der Waals surface area contributed by atoms with Gasteiger partial charge in [0.2, 0.25) is 0 Å². The molecule has 0 unspecified atom stereocenters. The molecule has 0 saturated carbocycles. The van der Waals surface area contributed by atoms with Crippen molar-refractivity contribution >= 4 is 11.8 Å². The second kappa shape index (κ2) is 7.59. The monoisotopic (exact) mass is 301 g/mol. The summed E-state index contributed by atoms with van der Waals surface area (Å²) in [6.07, 6.45) is 9.76. The number of phenols is 1. The lowest BCUT2D eigenvalue weighted by molar-refractivity contribution is -0.385. The highest BCUT2D eigenvalue weighted by Gasteiger charge is 2.16. The van der Waals surface area contributed by atoms with Gasteiger partial charge in [-0.25, -0.2) is 0 Å². The molecule has 0 amide bonds. The summed E-state index contributed by atoms with van der Waals surface area (Å²) in [6, 6.07) is 4.36. The predicted octanol–water partition coefficient (Wildman–Crippen LogP) is 5.25. The number of aromatic hydroxyl groups is 1. The summed E-state index contributed by atoms with van der Waals surface area (Å²) in [5.74, 6) is -0.322. The van der Waals surface area contributed by atoms with E-state index in [4.69, 9.17) is 0 Å². The van der Waals surface area contributed by atoms with Crippen LogP contribution in [0.3, 0.4) is 0 Å². The maximum Gasteiger partial charge on any atom is 0.311 e. The third-order valence-electron chi connectivity index (χ3n) is 3.55. The van der Waals surface area contributed by atoms with Gasteiger partial charge in [-0.1, -0.05) is 42.9 Å². The average molecular weight is 301 g/mol. The Kier molecular flexibility index (Phi) is 6.11. The van der Waals surface area contributed by atoms with Gasteiger partial charge in [-0.15, -0.1) is 6.58 Å². The molecule has 0 aliphatic carbocycles. The molecule has 0 fully saturated rings. The number of hydrogen-bond acceptors (Lipinski definition) is 3. The number of phenolic OH excluding ortho intramolecular Hbond substituents is 1. The lowest BCUT2D eigenvalue weighted by Crippen LogP contribution is -2.08. The van der Waals surface area contributed by atoms with E-state index in [1.807, 2.05) is 18.2 Å². The van der Waals surface area contributed by atoms with Gasteiger partial charge in [0.15, 0.2) is 5.75 Å². The Morgan fingerprint density at radius 2 is 2.14 bits per heavy atom. The number of nitrogens with zero attached hydrogens (tertiary/aromatic N) is 1. The molecular weight excluding hydrogens is 278 g/mol. The van der Waals surface area contributed by atoms with Crippen molar-refractivity contribution in [3.8, 4) is 5.75 Å². The highest BCUT2D eigenvalue weighted by atomic mass is 16.6. The van der Waals surface area contributed by atoms with Gasteiger partial charge in [-0.3, -0.25) is 10.1 Å². The third-order valence-corrected chi connectivity index (χ3v) is 3.55. The number of nitro benzene ring substituents is 1. The fourth-order valence-electron chi connectivity index (χ4n) is 2.00. The minimum Gasteiger partial charge on any atom is -0.502 e. The molecule has 0 aliphatic rings. The van der Waals surface area contributed by atoms with Gasteiger partial charge in [0.25, 0.3) is 0 Å². The molecule has 0 spiro atoms. The van der Waals surface area contributed by atoms with Crippen molar-refractivity contribution < 1.29 is 10.0 Å². The van der Waals surface area contributed by atoms with Crippen LogP contribution in [0.15, 0.2) is 48.6 Å². The number of nitro groups is 1. The first-order valence-corrected chi connectivity index (χ1v) is 7.21. The van der Waals surface area contributed by atoms with Crippen LogP contribution < -0.4 is 0 Å². The fraction of sp³-hybridized carbons (Fsp3) is 0.333. The second-order valence-corrected chi connectivity index (χ2v) is 5.87. The Balaban J connectivity index is 2.92. The molecule has 1 rings (SSSR count). The van der Waals surface area contributed by atoms with Crippen molar-refractivity contribution in [3.63, 3.8) is 0 Å². The zero-order chi connectivity index (χ0) is 16.8. The van der Waals surface area contributed by atoms with Crippen LogP contribution in [0, 0.1) is 15.5 Å². The molecule has 118 valence electrons. The second-order valence-electron chi connectivity index (χ2n) is 5.87. The van der Waals surface area contributed by atoms with Crippen LogP contribution in [0.4, 0.5) is 5.69 Å². The molecule has 1 atom stereocenters. The van der Waals surface area contributed by atoms with E-state index in [-0.39, 0.29) is 16.9 Å². The first-order valence-electron chi connectivity index (χ1n) is 7.21. The van der Waals surface area contributed by atoms with Crippen LogP contribution in [0.25, 0.3) is 6.08 Å². The molecule has 4 heteroatoms. The Labute approximate surface area is 131 Å². The third kappa shape index (κ3) is 5.20. The molecule has 0 aromatic heterocycles. The van der Waals surface area contributed by atoms with E-state index in [1.54, 1.807) is 6.07 Å². The lowest BCUT2D eigenvalue weighted by Gasteiger charge is -2.20. The van der Waals surface area contributed by atoms with Gasteiger partial charge in [-0.05, 0) is 38.3 Å². The summed E-state index contributed by atoms with van der Waals surface area (Å²) in [6.45, 7) is 10.1. The van der Waals surface area contributed by atoms with Crippen LogP contribution in [-0.2, 0) is 0 Å². The van der Waals surface area contributed by atoms with E-state index >= 15 is 0 Å². The number of rotatable bonds is 7. The molecule has 1 aromatic carbocycles. The minimum absolute atomic E-state index is 0.182. The van der Waals surface area contributed by atoms with Gasteiger partial charge in [0.05, 0.1) is 4.92 Å². The van der Waals surface area contributed by atoms with Crippen LogP contribution >= 0.6 is 0 Å². The fourth-order valence-corrected chi connectivity index (χ4v) is 2.00. The van der Waals surface area contributed by atoms with Gasteiger partial charge in [0, 0.05) is 11.5 Å². The van der Waals surface area contributed by atoms with E-state index in [2.05, 4.69) is 33.4 Å². The summed E-state index contributed by atoms with van der Waals surface area (Å²) >= 11 is 0. The molecule has 0 heterocycles. The summed E-state index contributed by atoms with van der Waals surface area (Å²) in [5, 5.41) is 20.3. The number of hydrogen-bond donors (Lipinski definition) is 1. The Bertz CT molecular complexity index is 613. The summed E-state index contributed by atoms with van der Waals surface area (Å²) < 4.78 is 0. The van der Waals surface area contributed by atoms with Crippen molar-refractivity contribution in [2.45, 2.75) is 33.6 Å². The molecule has 0 aliphatic heterocycles. The zero-order valence-electron chi connectivity index (χ0n) is 13.4. The van der Waals surface area contributed by atoms with Crippen molar-refractivity contribution in [2.24, 2.45) is 5.41 Å². The molecule has 1 N–H and O–H groups in total. The predicted molar refractivity (Wildman–Crippen MR) is 90.8 cm³/mol. The van der Waals surface area contributed by atoms with Gasteiger partial charge in [-0.2, -0.15) is 0 Å². The van der Waals surface area contributed by atoms with E-state index in [1.165, 1.54) is 17.7 Å². The maximum absolute atomic E-state index is 10.8. The molecule has 4 nitrogen and oxygen atoms in total. The van der Waals surface area contributed by atoms with E-state index in [0.717, 1.165) is 12.8 Å². The quantitative estimate of drug-likeness (QED) is 0.425. The largest absolute Gasteiger partial charge is 0.502 e. The van der Waals surface area contributed by atoms with Crippen molar-refractivity contribution in [1.82, 2.24) is 0 Å². The van der Waals surface area contributed by atoms with Crippen molar-refractivity contribution in [3.05, 3.63) is 64.3 Å². The van der Waals surface area contributed by atoms with E-state index in [9.17, 15) is 15.2 Å². The van der Waals surface area contributed by atoms with Crippen molar-refractivity contribution in [1.29, 1.82) is 0 Å². The molecule has 22 heavy (non-hydrogen) atoms. The highest BCUT2D eigenvalue weighted by molar-refractivity contribution is 5.58. The number of benzene rings is 1. The summed E-state index contributed by atoms with van der Waals surface area (Å²) in [5.41, 5.74) is 1.50. The first kappa shape index (κ1) is 17.7. The Morgan fingerprint density at radius 3 is 2.68 bits per heavy atom. The average Bonchev–Trinajstić information content (AvgIpc) is 2.45. The van der Waals surface area contributed by atoms with Crippen molar-refractivity contribution in [2.75, 3.05) is 0 Å². The van der Waals surface area contributed by atoms with Crippen LogP contribution in [-0.4, -0.2) is 10.0 Å². The standard InChI is InChI=1S/C18H23NO3/c1-5-18(4,11-6-7-14(2)3)12-10-15-8-9-17(20)16(13-15)19(21)22/h5,7-10,12-13,20H,1,6,11H2,2-4H3/b12-10+/t18-/m1/s1. The summed E-state index contributed by atoms with van der Waals surface area (Å²) in [4.78, 5) is 10.2. The van der Waals surface area contributed by atoms with E-state index in [0.29, 0.717) is 5.56 Å². The molecule has 0 saturated heterocycles. The highest BCUT2D eigenvalue weighted by Crippen LogP contribution is 2.30. The smallest absolute Gasteiger partial charge is 0.311 e. The molecule has 1 aromatic rings. The Morgan fingerprint density at radius 1 is 1.45 bits per heavy atom. The minimum atomic E-state index is -0.589. The van der Waals surface area contributed by atoms with Gasteiger partial charge < -0.3 is 5.11 Å². The number of allylic oxidation sites excluding steroid dienone is 4. The normalized spacial score (nSPS) is 13.6. The first-order chi connectivity index (χ1) is 10.3. The maximum atomic E-state index is 10.8. The molecule has 0 radical (unpaired) electrons. The topological polar surface area (TPSA) is 63.4 Å². The molecule has 0 bridgehead atoms. The van der Waals surface area contributed by atoms with Crippen LogP contribution in [0.5, 0.6) is 5.75 Å². The van der Waals surface area contributed by atoms with E-state index < -0.39 is 4.92 Å². The van der Waals surface area contributed by atoms with Crippen LogP contribution in [0.2, 0.25) is 0 Å². The zero-order valence-corrected chi connectivity index (χ0v) is 13.4. The summed E-state index contributed by atoms with van der Waals surface area (Å²) in [7, 11) is 0. The Hall–Kier alpha value is -2.36. The van der Waals surface area contributed by atoms with Gasteiger partial charge in [0.1, 0.15) is 0 Å². The lowest BCUT2D eigenvalue weighted by atomic mass is 9.84. The van der Waals surface area contributed by atoms with Crippen LogP contribution in [0.1, 0.15) is 39.2 Å². The molecular formula is C18H23NO3. The van der Waals surface area contributed by atoms with Gasteiger partial charge >= 0.3 is 5.69 Å². The SMILES string of the molecule is C=C[C@@](C)(/C=C/c1ccc(O)c([N+](=O)[O-])c1)CCC=C(C)C.